The fourth-order valence-electron chi connectivity index (χ4n) is 7.42. The first kappa shape index (κ1) is 30.7. The zero-order chi connectivity index (χ0) is 35.1. The maximum atomic E-state index is 6.71. The molecule has 0 aliphatic carbocycles. The van der Waals surface area contributed by atoms with Crippen LogP contribution in [0.3, 0.4) is 0 Å². The number of hydrogen-bond acceptors (Lipinski definition) is 3. The van der Waals surface area contributed by atoms with Crippen LogP contribution in [0, 0.1) is 0 Å². The minimum absolute atomic E-state index is 0.645. The summed E-state index contributed by atoms with van der Waals surface area (Å²) in [5, 5.41) is 4.42. The first-order valence-electron chi connectivity index (χ1n) is 17.9. The minimum Gasteiger partial charge on any atom is -0.455 e. The van der Waals surface area contributed by atoms with Gasteiger partial charge in [0, 0.05) is 32.8 Å². The van der Waals surface area contributed by atoms with Crippen molar-refractivity contribution in [2.24, 2.45) is 0 Å². The Morgan fingerprint density at radius 3 is 1.55 bits per heavy atom. The number of hydrogen-bond donors (Lipinski definition) is 0. The monoisotopic (exact) mass is 676 g/mol. The van der Waals surface area contributed by atoms with Crippen LogP contribution in [-0.2, 0) is 0 Å². The van der Waals surface area contributed by atoms with E-state index < -0.39 is 0 Å². The molecule has 0 atom stereocenters. The van der Waals surface area contributed by atoms with Crippen molar-refractivity contribution in [3.63, 3.8) is 0 Å². The Hall–Kier alpha value is -7.10. The van der Waals surface area contributed by atoms with Crippen molar-refractivity contribution < 1.29 is 4.42 Å². The van der Waals surface area contributed by atoms with Gasteiger partial charge < -0.3 is 4.42 Å². The van der Waals surface area contributed by atoms with Crippen LogP contribution < -0.4 is 0 Å². The van der Waals surface area contributed by atoms with E-state index in [1.807, 2.05) is 12.1 Å². The third-order valence-corrected chi connectivity index (χ3v) is 10.1. The molecule has 0 spiro atoms. The lowest BCUT2D eigenvalue weighted by Crippen LogP contribution is -1.96. The van der Waals surface area contributed by atoms with E-state index in [0.29, 0.717) is 5.82 Å². The van der Waals surface area contributed by atoms with Crippen LogP contribution in [0.15, 0.2) is 199 Å². The molecule has 0 saturated carbocycles. The predicted molar refractivity (Wildman–Crippen MR) is 219 cm³/mol. The summed E-state index contributed by atoms with van der Waals surface area (Å²) in [5.74, 6) is 0.645. The van der Waals surface area contributed by atoms with Gasteiger partial charge in [0.2, 0.25) is 0 Å². The van der Waals surface area contributed by atoms with Crippen LogP contribution in [0.25, 0.3) is 100.0 Å². The average molecular weight is 677 g/mol. The molecule has 2 aromatic heterocycles. The lowest BCUT2D eigenvalue weighted by atomic mass is 9.95. The van der Waals surface area contributed by atoms with Gasteiger partial charge >= 0.3 is 0 Å². The molecule has 0 saturated heterocycles. The molecule has 8 aromatic carbocycles. The van der Waals surface area contributed by atoms with Gasteiger partial charge in [-0.25, -0.2) is 9.97 Å². The molecule has 10 rings (SSSR count). The van der Waals surface area contributed by atoms with Crippen molar-refractivity contribution >= 4 is 32.7 Å². The highest BCUT2D eigenvalue weighted by Crippen LogP contribution is 2.41. The van der Waals surface area contributed by atoms with Gasteiger partial charge in [-0.1, -0.05) is 164 Å². The van der Waals surface area contributed by atoms with Gasteiger partial charge in [0.1, 0.15) is 11.2 Å². The summed E-state index contributed by atoms with van der Waals surface area (Å²) in [5.41, 5.74) is 13.4. The largest absolute Gasteiger partial charge is 0.455 e. The maximum Gasteiger partial charge on any atom is 0.160 e. The van der Waals surface area contributed by atoms with E-state index in [0.717, 1.165) is 66.5 Å². The van der Waals surface area contributed by atoms with Crippen molar-refractivity contribution in [3.05, 3.63) is 194 Å². The second-order valence-electron chi connectivity index (χ2n) is 13.4. The molecule has 0 aliphatic heterocycles. The highest BCUT2D eigenvalue weighted by Gasteiger charge is 2.17. The lowest BCUT2D eigenvalue weighted by molar-refractivity contribution is 0.673. The molecule has 3 heteroatoms. The lowest BCUT2D eigenvalue weighted by Gasteiger charge is -2.11. The fraction of sp³-hybridized carbons (Fsp3) is 0. The first-order chi connectivity index (χ1) is 26.2. The Kier molecular flexibility index (Phi) is 7.47. The fourth-order valence-corrected chi connectivity index (χ4v) is 7.42. The molecule has 10 aromatic rings. The van der Waals surface area contributed by atoms with Crippen molar-refractivity contribution in [2.75, 3.05) is 0 Å². The average Bonchev–Trinajstić information content (AvgIpc) is 3.62. The number of furan rings is 1. The van der Waals surface area contributed by atoms with E-state index in [4.69, 9.17) is 14.4 Å². The second-order valence-corrected chi connectivity index (χ2v) is 13.4. The molecular formula is C50H32N2O. The SMILES string of the molecule is c1ccc(-c2ccc(-c3cc(-c4cccc(-c5ccccc5)c4)nc(-c4ccc5c(c4)oc4c6ccccc6c(-c6ccccc6)cc54)n3)cc2)cc1. The molecule has 2 heterocycles. The number of benzene rings is 8. The van der Waals surface area contributed by atoms with E-state index in [2.05, 4.69) is 182 Å². The molecule has 248 valence electrons. The molecule has 0 fully saturated rings. The van der Waals surface area contributed by atoms with E-state index in [1.165, 1.54) is 27.6 Å². The highest BCUT2D eigenvalue weighted by molar-refractivity contribution is 6.19. The molecule has 53 heavy (non-hydrogen) atoms. The molecule has 3 nitrogen and oxygen atoms in total. The highest BCUT2D eigenvalue weighted by atomic mass is 16.3. The van der Waals surface area contributed by atoms with Crippen molar-refractivity contribution in [3.8, 4) is 67.3 Å². The molecule has 0 unspecified atom stereocenters. The molecule has 0 amide bonds. The van der Waals surface area contributed by atoms with E-state index in [9.17, 15) is 0 Å². The van der Waals surface area contributed by atoms with Gasteiger partial charge in [0.05, 0.1) is 11.4 Å². The Bertz CT molecular complexity index is 2910. The van der Waals surface area contributed by atoms with Crippen LogP contribution in [-0.4, -0.2) is 9.97 Å². The topological polar surface area (TPSA) is 38.9 Å². The van der Waals surface area contributed by atoms with Crippen molar-refractivity contribution in [1.29, 1.82) is 0 Å². The Morgan fingerprint density at radius 2 is 0.830 bits per heavy atom. The normalized spacial score (nSPS) is 11.4. The Morgan fingerprint density at radius 1 is 0.302 bits per heavy atom. The maximum absolute atomic E-state index is 6.71. The number of nitrogens with zero attached hydrogens (tertiary/aromatic N) is 2. The van der Waals surface area contributed by atoms with Crippen molar-refractivity contribution in [2.45, 2.75) is 0 Å². The van der Waals surface area contributed by atoms with Crippen LogP contribution in [0.4, 0.5) is 0 Å². The summed E-state index contributed by atoms with van der Waals surface area (Å²) in [6.07, 6.45) is 0. The van der Waals surface area contributed by atoms with Crippen molar-refractivity contribution in [1.82, 2.24) is 9.97 Å². The Balaban J connectivity index is 1.13. The van der Waals surface area contributed by atoms with Crippen LogP contribution >= 0.6 is 0 Å². The summed E-state index contributed by atoms with van der Waals surface area (Å²) in [4.78, 5) is 10.4. The van der Waals surface area contributed by atoms with Crippen LogP contribution in [0.5, 0.6) is 0 Å². The van der Waals surface area contributed by atoms with Gasteiger partial charge in [-0.05, 0) is 69.1 Å². The summed E-state index contributed by atoms with van der Waals surface area (Å²) in [6, 6.07) is 67.9. The zero-order valence-electron chi connectivity index (χ0n) is 28.8. The predicted octanol–water partition coefficient (Wildman–Crippen LogP) is 13.5. The van der Waals surface area contributed by atoms with Gasteiger partial charge in [-0.15, -0.1) is 0 Å². The van der Waals surface area contributed by atoms with E-state index in [1.54, 1.807) is 0 Å². The summed E-state index contributed by atoms with van der Waals surface area (Å²) < 4.78 is 6.71. The molecular weight excluding hydrogens is 645 g/mol. The summed E-state index contributed by atoms with van der Waals surface area (Å²) in [7, 11) is 0. The van der Waals surface area contributed by atoms with Crippen LogP contribution in [0.2, 0.25) is 0 Å². The van der Waals surface area contributed by atoms with Crippen LogP contribution in [0.1, 0.15) is 0 Å². The Labute approximate surface area is 307 Å². The smallest absolute Gasteiger partial charge is 0.160 e. The zero-order valence-corrected chi connectivity index (χ0v) is 28.8. The number of fused-ring (bicyclic) bond motifs is 5. The minimum atomic E-state index is 0.645. The summed E-state index contributed by atoms with van der Waals surface area (Å²) >= 11 is 0. The van der Waals surface area contributed by atoms with Gasteiger partial charge in [0.25, 0.3) is 0 Å². The van der Waals surface area contributed by atoms with E-state index >= 15 is 0 Å². The summed E-state index contributed by atoms with van der Waals surface area (Å²) in [6.45, 7) is 0. The first-order valence-corrected chi connectivity index (χ1v) is 17.9. The van der Waals surface area contributed by atoms with E-state index in [-0.39, 0.29) is 0 Å². The third kappa shape index (κ3) is 5.65. The standard InChI is InChI=1S/C50H32N2O/c1-4-13-33(14-5-1)35-23-25-37(26-24-35)46-32-47(39-20-12-19-38(29-39)34-15-6-2-7-16-34)52-50(51-46)40-27-28-42-45-31-44(36-17-8-3-9-18-36)41-21-10-11-22-43(41)49(45)53-48(42)30-40/h1-32H. The quantitative estimate of drug-likeness (QED) is 0.176. The molecule has 0 aliphatic rings. The van der Waals surface area contributed by atoms with Gasteiger partial charge in [-0.2, -0.15) is 0 Å². The van der Waals surface area contributed by atoms with Gasteiger partial charge in [0.15, 0.2) is 5.82 Å². The number of rotatable bonds is 6. The molecule has 0 bridgehead atoms. The van der Waals surface area contributed by atoms with Gasteiger partial charge in [-0.3, -0.25) is 0 Å². The molecule has 0 radical (unpaired) electrons. The number of aromatic nitrogens is 2. The second kappa shape index (κ2) is 12.9. The molecule has 0 N–H and O–H groups in total. The third-order valence-electron chi connectivity index (χ3n) is 10.1.